The van der Waals surface area contributed by atoms with E-state index in [4.69, 9.17) is 15.6 Å². The van der Waals surface area contributed by atoms with E-state index in [9.17, 15) is 13.2 Å². The van der Waals surface area contributed by atoms with E-state index in [1.165, 1.54) is 36.6 Å². The highest BCUT2D eigenvalue weighted by molar-refractivity contribution is 5.99. The zero-order chi connectivity index (χ0) is 14.0. The van der Waals surface area contributed by atoms with Gasteiger partial charge < -0.3 is 10.2 Å². The molecule has 2 rings (SSSR count). The molecule has 0 amide bonds. The maximum atomic E-state index is 12.9. The fourth-order valence-corrected chi connectivity index (χ4v) is 1.67. The maximum Gasteiger partial charge on any atom is 0.418 e. The van der Waals surface area contributed by atoms with Gasteiger partial charge in [-0.1, -0.05) is 12.1 Å². The first-order valence-electron chi connectivity index (χ1n) is 5.25. The molecule has 0 unspecified atom stereocenters. The van der Waals surface area contributed by atoms with Crippen molar-refractivity contribution in [2.75, 3.05) is 4.90 Å². The number of furan rings is 1. The number of para-hydroxylation sites is 1. The minimum Gasteiger partial charge on any atom is -0.448 e. The summed E-state index contributed by atoms with van der Waals surface area (Å²) in [6.07, 6.45) is -3.25. The summed E-state index contributed by atoms with van der Waals surface area (Å²) < 4.78 is 43.9. The fourth-order valence-electron chi connectivity index (χ4n) is 1.67. The lowest BCUT2D eigenvalue weighted by atomic mass is 10.1. The third kappa shape index (κ3) is 2.54. The van der Waals surface area contributed by atoms with Gasteiger partial charge in [0.05, 0.1) is 17.5 Å². The van der Waals surface area contributed by atoms with Gasteiger partial charge in [-0.25, -0.2) is 0 Å². The van der Waals surface area contributed by atoms with E-state index in [1.54, 1.807) is 0 Å². The van der Waals surface area contributed by atoms with Crippen molar-refractivity contribution < 1.29 is 17.6 Å². The number of hydrogen-bond donors (Lipinski definition) is 2. The number of hydrogen-bond acceptors (Lipinski definition) is 2. The molecule has 0 saturated heterocycles. The van der Waals surface area contributed by atoms with Gasteiger partial charge in [0.1, 0.15) is 0 Å². The second-order valence-electron chi connectivity index (χ2n) is 3.69. The molecule has 0 spiro atoms. The molecular formula is C12H10F3N3O. The number of anilines is 2. The molecule has 0 aliphatic rings. The Morgan fingerprint density at radius 1 is 1.16 bits per heavy atom. The standard InChI is InChI=1S/C12H10F3N3O/c13-12(14,15)8-4-1-2-5-9(8)18(11(16)17)10-6-3-7-19-10/h1-7H,(H3,16,17). The van der Waals surface area contributed by atoms with Crippen molar-refractivity contribution in [2.45, 2.75) is 6.18 Å². The van der Waals surface area contributed by atoms with Crippen molar-refractivity contribution in [3.63, 3.8) is 0 Å². The lowest BCUT2D eigenvalue weighted by Gasteiger charge is -2.23. The van der Waals surface area contributed by atoms with Crippen LogP contribution in [0.25, 0.3) is 0 Å². The monoisotopic (exact) mass is 269 g/mol. The first kappa shape index (κ1) is 13.0. The average Bonchev–Trinajstić information content (AvgIpc) is 2.81. The summed E-state index contributed by atoms with van der Waals surface area (Å²) in [4.78, 5) is 0.892. The molecule has 1 aromatic carbocycles. The van der Waals surface area contributed by atoms with Gasteiger partial charge in [-0.3, -0.25) is 10.3 Å². The zero-order valence-corrected chi connectivity index (χ0v) is 9.61. The first-order chi connectivity index (χ1) is 8.91. The number of nitrogens with two attached hydrogens (primary N) is 1. The van der Waals surface area contributed by atoms with E-state index in [2.05, 4.69) is 0 Å². The van der Waals surface area contributed by atoms with Crippen molar-refractivity contribution in [2.24, 2.45) is 5.73 Å². The summed E-state index contributed by atoms with van der Waals surface area (Å²) >= 11 is 0. The summed E-state index contributed by atoms with van der Waals surface area (Å²) in [6.45, 7) is 0. The van der Waals surface area contributed by atoms with Crippen LogP contribution in [0, 0.1) is 5.41 Å². The van der Waals surface area contributed by atoms with Crippen LogP contribution in [0.15, 0.2) is 47.1 Å². The van der Waals surface area contributed by atoms with Crippen LogP contribution in [0.4, 0.5) is 24.7 Å². The second kappa shape index (κ2) is 4.68. The summed E-state index contributed by atoms with van der Waals surface area (Å²) in [5, 5.41) is 7.44. The van der Waals surface area contributed by atoms with Gasteiger partial charge in [0.25, 0.3) is 0 Å². The van der Waals surface area contributed by atoms with Gasteiger partial charge in [0.2, 0.25) is 5.88 Å². The SMILES string of the molecule is N=C(N)N(c1ccco1)c1ccccc1C(F)(F)F. The van der Waals surface area contributed by atoms with Gasteiger partial charge >= 0.3 is 6.18 Å². The molecule has 1 aromatic heterocycles. The molecule has 0 aliphatic carbocycles. The molecule has 3 N–H and O–H groups in total. The largest absolute Gasteiger partial charge is 0.448 e. The van der Waals surface area contributed by atoms with Crippen molar-refractivity contribution in [1.82, 2.24) is 0 Å². The quantitative estimate of drug-likeness (QED) is 0.649. The number of halogens is 3. The average molecular weight is 269 g/mol. The maximum absolute atomic E-state index is 12.9. The minimum atomic E-state index is -4.54. The molecule has 4 nitrogen and oxygen atoms in total. The van der Waals surface area contributed by atoms with E-state index >= 15 is 0 Å². The smallest absolute Gasteiger partial charge is 0.418 e. The van der Waals surface area contributed by atoms with E-state index in [-0.39, 0.29) is 11.6 Å². The summed E-state index contributed by atoms with van der Waals surface area (Å²) in [5.74, 6) is -0.518. The van der Waals surface area contributed by atoms with E-state index in [0.717, 1.165) is 11.0 Å². The zero-order valence-electron chi connectivity index (χ0n) is 9.61. The van der Waals surface area contributed by atoms with E-state index in [0.29, 0.717) is 0 Å². The van der Waals surface area contributed by atoms with Crippen LogP contribution >= 0.6 is 0 Å². The highest BCUT2D eigenvalue weighted by Crippen LogP contribution is 2.38. The molecule has 7 heteroatoms. The molecule has 19 heavy (non-hydrogen) atoms. The van der Waals surface area contributed by atoms with Crippen LogP contribution in [-0.2, 0) is 6.18 Å². The number of nitrogens with one attached hydrogen (secondary N) is 1. The highest BCUT2D eigenvalue weighted by atomic mass is 19.4. The van der Waals surface area contributed by atoms with Gasteiger partial charge in [-0.05, 0) is 18.2 Å². The molecular weight excluding hydrogens is 259 g/mol. The Hall–Kier alpha value is -2.44. The Kier molecular flexibility index (Phi) is 3.20. The summed E-state index contributed by atoms with van der Waals surface area (Å²) in [6, 6.07) is 7.78. The molecule has 0 fully saturated rings. The highest BCUT2D eigenvalue weighted by Gasteiger charge is 2.35. The van der Waals surface area contributed by atoms with Crippen LogP contribution in [-0.4, -0.2) is 5.96 Å². The lowest BCUT2D eigenvalue weighted by molar-refractivity contribution is -0.137. The normalized spacial score (nSPS) is 11.3. The predicted molar refractivity (Wildman–Crippen MR) is 64.2 cm³/mol. The second-order valence-corrected chi connectivity index (χ2v) is 3.69. The minimum absolute atomic E-state index is 0.0456. The summed E-state index contributed by atoms with van der Waals surface area (Å²) in [5.41, 5.74) is 4.21. The Morgan fingerprint density at radius 2 is 1.84 bits per heavy atom. The Morgan fingerprint density at radius 3 is 2.37 bits per heavy atom. The molecule has 0 bridgehead atoms. The van der Waals surface area contributed by atoms with E-state index in [1.807, 2.05) is 0 Å². The Balaban J connectivity index is 2.59. The molecule has 0 atom stereocenters. The molecule has 0 radical (unpaired) electrons. The van der Waals surface area contributed by atoms with Gasteiger partial charge in [-0.2, -0.15) is 13.2 Å². The van der Waals surface area contributed by atoms with Crippen LogP contribution < -0.4 is 10.6 Å². The van der Waals surface area contributed by atoms with Crippen molar-refractivity contribution in [1.29, 1.82) is 5.41 Å². The van der Waals surface area contributed by atoms with Gasteiger partial charge in [-0.15, -0.1) is 0 Å². The molecule has 100 valence electrons. The third-order valence-corrected chi connectivity index (χ3v) is 2.42. The Labute approximate surface area is 106 Å². The fraction of sp³-hybridized carbons (Fsp3) is 0.0833. The van der Waals surface area contributed by atoms with Crippen molar-refractivity contribution in [3.8, 4) is 0 Å². The first-order valence-corrected chi connectivity index (χ1v) is 5.25. The number of benzene rings is 1. The molecule has 0 saturated carbocycles. The van der Waals surface area contributed by atoms with Crippen LogP contribution in [0.5, 0.6) is 0 Å². The summed E-state index contributed by atoms with van der Waals surface area (Å²) in [7, 11) is 0. The third-order valence-electron chi connectivity index (χ3n) is 2.42. The predicted octanol–water partition coefficient (Wildman–Crippen LogP) is 3.33. The van der Waals surface area contributed by atoms with Crippen molar-refractivity contribution >= 4 is 17.5 Å². The Bertz CT molecular complexity index is 578. The molecule has 1 heterocycles. The number of guanidine groups is 1. The lowest BCUT2D eigenvalue weighted by Crippen LogP contribution is -2.33. The number of alkyl halides is 3. The van der Waals surface area contributed by atoms with Gasteiger partial charge in [0.15, 0.2) is 5.96 Å². The molecule has 2 aromatic rings. The topological polar surface area (TPSA) is 66.2 Å². The van der Waals surface area contributed by atoms with Crippen LogP contribution in [0.3, 0.4) is 0 Å². The van der Waals surface area contributed by atoms with Gasteiger partial charge in [0, 0.05) is 6.07 Å². The molecule has 0 aliphatic heterocycles. The van der Waals surface area contributed by atoms with E-state index < -0.39 is 17.7 Å². The van der Waals surface area contributed by atoms with Crippen LogP contribution in [0.2, 0.25) is 0 Å². The number of nitrogens with zero attached hydrogens (tertiary/aromatic N) is 1. The number of rotatable bonds is 2. The van der Waals surface area contributed by atoms with Crippen molar-refractivity contribution in [3.05, 3.63) is 48.2 Å². The van der Waals surface area contributed by atoms with Crippen LogP contribution in [0.1, 0.15) is 5.56 Å².